The Morgan fingerprint density at radius 3 is 2.54 bits per heavy atom. The Morgan fingerprint density at radius 2 is 1.88 bits per heavy atom. The molecule has 1 amide bonds. The first-order valence-corrected chi connectivity index (χ1v) is 10.2. The molecule has 1 heterocycles. The molecule has 0 spiro atoms. The summed E-state index contributed by atoms with van der Waals surface area (Å²) in [6.07, 6.45) is 2.93. The number of hydrogen-bond acceptors (Lipinski definition) is 2. The first-order chi connectivity index (χ1) is 12.5. The summed E-state index contributed by atoms with van der Waals surface area (Å²) < 4.78 is 0.999. The molecule has 2 aromatic carbocycles. The predicted molar refractivity (Wildman–Crippen MR) is 111 cm³/mol. The first kappa shape index (κ1) is 19.0. The van der Waals surface area contributed by atoms with Gasteiger partial charge in [0.05, 0.1) is 12.5 Å². The molecule has 138 valence electrons. The van der Waals surface area contributed by atoms with Crippen LogP contribution in [0.2, 0.25) is 0 Å². The molecule has 0 aliphatic carbocycles. The summed E-state index contributed by atoms with van der Waals surface area (Å²) in [7, 11) is 0. The lowest BCUT2D eigenvalue weighted by Crippen LogP contribution is -2.32. The molecule has 1 aliphatic rings. The molecular formula is C22H27BrN2O. The second kappa shape index (κ2) is 8.72. The van der Waals surface area contributed by atoms with Gasteiger partial charge in [0.1, 0.15) is 0 Å². The fraction of sp³-hybridized carbons (Fsp3) is 0.409. The lowest BCUT2D eigenvalue weighted by Gasteiger charge is -2.32. The van der Waals surface area contributed by atoms with Crippen LogP contribution in [-0.4, -0.2) is 19.0 Å². The van der Waals surface area contributed by atoms with E-state index in [0.717, 1.165) is 34.6 Å². The Bertz CT molecular complexity index is 736. The number of piperidine rings is 1. The molecule has 1 N–H and O–H groups in total. The largest absolute Gasteiger partial charge is 0.372 e. The summed E-state index contributed by atoms with van der Waals surface area (Å²) in [5.41, 5.74) is 3.44. The summed E-state index contributed by atoms with van der Waals surface area (Å²) in [6, 6.07) is 16.5. The quantitative estimate of drug-likeness (QED) is 0.737. The van der Waals surface area contributed by atoms with Gasteiger partial charge in [-0.15, -0.1) is 0 Å². The van der Waals surface area contributed by atoms with Crippen molar-refractivity contribution in [3.05, 3.63) is 64.1 Å². The standard InChI is InChI=1S/C22H27BrN2O/c1-16-10-12-25(13-11-16)21-8-6-19(7-9-21)17(2)24-22(26)15-18-4-3-5-20(23)14-18/h3-9,14,16-17H,10-13,15H2,1-2H3,(H,24,26)/t17-/m0/s1. The van der Waals surface area contributed by atoms with Crippen LogP contribution in [0.5, 0.6) is 0 Å². The zero-order valence-corrected chi connectivity index (χ0v) is 17.1. The highest BCUT2D eigenvalue weighted by molar-refractivity contribution is 9.10. The van der Waals surface area contributed by atoms with E-state index >= 15 is 0 Å². The number of halogens is 1. The van der Waals surface area contributed by atoms with Gasteiger partial charge in [-0.05, 0) is 61.1 Å². The van der Waals surface area contributed by atoms with E-state index in [4.69, 9.17) is 0 Å². The molecule has 2 aromatic rings. The lowest BCUT2D eigenvalue weighted by atomic mass is 9.98. The molecule has 3 rings (SSSR count). The molecule has 0 radical (unpaired) electrons. The summed E-state index contributed by atoms with van der Waals surface area (Å²) in [4.78, 5) is 14.8. The zero-order valence-electron chi connectivity index (χ0n) is 15.5. The highest BCUT2D eigenvalue weighted by atomic mass is 79.9. The van der Waals surface area contributed by atoms with Crippen molar-refractivity contribution in [1.82, 2.24) is 5.32 Å². The molecule has 26 heavy (non-hydrogen) atoms. The summed E-state index contributed by atoms with van der Waals surface area (Å²) >= 11 is 3.45. The maximum atomic E-state index is 12.3. The second-order valence-electron chi connectivity index (χ2n) is 7.36. The highest BCUT2D eigenvalue weighted by Gasteiger charge is 2.16. The molecule has 0 unspecified atom stereocenters. The number of carbonyl (C=O) groups excluding carboxylic acids is 1. The Hall–Kier alpha value is -1.81. The number of nitrogens with one attached hydrogen (secondary N) is 1. The van der Waals surface area contributed by atoms with Gasteiger partial charge < -0.3 is 10.2 Å². The van der Waals surface area contributed by atoms with Crippen molar-refractivity contribution in [2.75, 3.05) is 18.0 Å². The molecule has 1 aliphatic heterocycles. The molecule has 0 bridgehead atoms. The van der Waals surface area contributed by atoms with Crippen molar-refractivity contribution < 1.29 is 4.79 Å². The van der Waals surface area contributed by atoms with Crippen LogP contribution in [0.15, 0.2) is 53.0 Å². The van der Waals surface area contributed by atoms with Crippen LogP contribution >= 0.6 is 15.9 Å². The van der Waals surface area contributed by atoms with Gasteiger partial charge in [-0.25, -0.2) is 0 Å². The van der Waals surface area contributed by atoms with Gasteiger partial charge >= 0.3 is 0 Å². The van der Waals surface area contributed by atoms with Crippen molar-refractivity contribution >= 4 is 27.5 Å². The Balaban J connectivity index is 1.56. The summed E-state index contributed by atoms with van der Waals surface area (Å²) in [6.45, 7) is 6.65. The minimum Gasteiger partial charge on any atom is -0.372 e. The summed E-state index contributed by atoms with van der Waals surface area (Å²) in [5.74, 6) is 0.885. The van der Waals surface area contributed by atoms with Crippen molar-refractivity contribution in [2.24, 2.45) is 5.92 Å². The van der Waals surface area contributed by atoms with E-state index < -0.39 is 0 Å². The van der Waals surface area contributed by atoms with E-state index in [2.05, 4.69) is 57.3 Å². The fourth-order valence-electron chi connectivity index (χ4n) is 3.45. The van der Waals surface area contributed by atoms with Crippen molar-refractivity contribution in [1.29, 1.82) is 0 Å². The number of amides is 1. The molecule has 3 nitrogen and oxygen atoms in total. The topological polar surface area (TPSA) is 32.3 Å². The van der Waals surface area contributed by atoms with Gasteiger partial charge in [-0.2, -0.15) is 0 Å². The normalized spacial score (nSPS) is 16.3. The van der Waals surface area contributed by atoms with Crippen LogP contribution in [0, 0.1) is 5.92 Å². The van der Waals surface area contributed by atoms with Gasteiger partial charge in [0.15, 0.2) is 0 Å². The van der Waals surface area contributed by atoms with Crippen LogP contribution in [0.4, 0.5) is 5.69 Å². The Labute approximate surface area is 164 Å². The van der Waals surface area contributed by atoms with Crippen LogP contribution in [-0.2, 0) is 11.2 Å². The number of benzene rings is 2. The summed E-state index contributed by atoms with van der Waals surface area (Å²) in [5, 5.41) is 3.10. The van der Waals surface area contributed by atoms with E-state index in [1.165, 1.54) is 18.5 Å². The number of rotatable bonds is 5. The average Bonchev–Trinajstić information content (AvgIpc) is 2.62. The first-order valence-electron chi connectivity index (χ1n) is 9.40. The number of anilines is 1. The molecular weight excluding hydrogens is 388 g/mol. The van der Waals surface area contributed by atoms with Gasteiger partial charge in [-0.1, -0.05) is 47.1 Å². The van der Waals surface area contributed by atoms with E-state index in [-0.39, 0.29) is 11.9 Å². The molecule has 1 saturated heterocycles. The lowest BCUT2D eigenvalue weighted by molar-refractivity contribution is -0.121. The van der Waals surface area contributed by atoms with Gasteiger partial charge in [-0.3, -0.25) is 4.79 Å². The Morgan fingerprint density at radius 1 is 1.19 bits per heavy atom. The van der Waals surface area contributed by atoms with E-state index in [0.29, 0.717) is 6.42 Å². The van der Waals surface area contributed by atoms with E-state index in [1.54, 1.807) is 0 Å². The predicted octanol–water partition coefficient (Wildman–Crippen LogP) is 5.11. The van der Waals surface area contributed by atoms with E-state index in [1.807, 2.05) is 31.2 Å². The third-order valence-corrected chi connectivity index (χ3v) is 5.67. The second-order valence-corrected chi connectivity index (χ2v) is 8.27. The monoisotopic (exact) mass is 414 g/mol. The SMILES string of the molecule is CC1CCN(c2ccc([C@H](C)NC(=O)Cc3cccc(Br)c3)cc2)CC1. The van der Waals surface area contributed by atoms with E-state index in [9.17, 15) is 4.79 Å². The van der Waals surface area contributed by atoms with Crippen LogP contribution in [0.25, 0.3) is 0 Å². The molecule has 1 fully saturated rings. The maximum absolute atomic E-state index is 12.3. The third kappa shape index (κ3) is 5.10. The number of hydrogen-bond donors (Lipinski definition) is 1. The smallest absolute Gasteiger partial charge is 0.224 e. The Kier molecular flexibility index (Phi) is 6.36. The van der Waals surface area contributed by atoms with Gasteiger partial charge in [0.2, 0.25) is 5.91 Å². The maximum Gasteiger partial charge on any atom is 0.224 e. The van der Waals surface area contributed by atoms with Crippen LogP contribution in [0.1, 0.15) is 43.9 Å². The molecule has 0 aromatic heterocycles. The van der Waals surface area contributed by atoms with Crippen molar-refractivity contribution in [3.8, 4) is 0 Å². The van der Waals surface area contributed by atoms with Crippen LogP contribution in [0.3, 0.4) is 0 Å². The van der Waals surface area contributed by atoms with Crippen molar-refractivity contribution in [2.45, 2.75) is 39.2 Å². The molecule has 4 heteroatoms. The van der Waals surface area contributed by atoms with Gasteiger partial charge in [0.25, 0.3) is 0 Å². The van der Waals surface area contributed by atoms with Crippen LogP contribution < -0.4 is 10.2 Å². The van der Waals surface area contributed by atoms with Crippen molar-refractivity contribution in [3.63, 3.8) is 0 Å². The number of nitrogens with zero attached hydrogens (tertiary/aromatic N) is 1. The molecule has 1 atom stereocenters. The minimum atomic E-state index is 0.00470. The fourth-order valence-corrected chi connectivity index (χ4v) is 3.90. The average molecular weight is 415 g/mol. The minimum absolute atomic E-state index is 0.00470. The zero-order chi connectivity index (χ0) is 18.5. The third-order valence-electron chi connectivity index (χ3n) is 5.17. The number of carbonyl (C=O) groups is 1. The molecule has 0 saturated carbocycles. The van der Waals surface area contributed by atoms with Gasteiger partial charge in [0, 0.05) is 23.2 Å². The highest BCUT2D eigenvalue weighted by Crippen LogP contribution is 2.24.